The molecule has 0 aromatic rings. The van der Waals surface area contributed by atoms with Crippen molar-refractivity contribution >= 4 is 26.4 Å². The molecule has 35 valence electrons. The van der Waals surface area contributed by atoms with Crippen molar-refractivity contribution in [3.63, 3.8) is 0 Å². The van der Waals surface area contributed by atoms with Gasteiger partial charge in [-0.25, -0.2) is 0 Å². The SMILES string of the molecule is [Al].[Li+].[O-][Si]([O-])([O-])[O-]. The fourth-order valence-corrected chi connectivity index (χ4v) is 0. The second-order valence-corrected chi connectivity index (χ2v) is 1.50. The van der Waals surface area contributed by atoms with E-state index in [1.54, 1.807) is 0 Å². The third-order valence-electron chi connectivity index (χ3n) is 0. The van der Waals surface area contributed by atoms with Crippen LogP contribution in [0.3, 0.4) is 0 Å². The molecule has 0 aromatic heterocycles. The van der Waals surface area contributed by atoms with Crippen LogP contribution in [0, 0.1) is 0 Å². The Morgan fingerprint density at radius 1 is 0.857 bits per heavy atom. The van der Waals surface area contributed by atoms with Gasteiger partial charge in [0.25, 0.3) is 0 Å². The maximum absolute atomic E-state index is 8.58. The van der Waals surface area contributed by atoms with E-state index in [9.17, 15) is 0 Å². The minimum absolute atomic E-state index is 0. The number of rotatable bonds is 0. The van der Waals surface area contributed by atoms with Crippen LogP contribution in [-0.4, -0.2) is 26.4 Å². The van der Waals surface area contributed by atoms with Crippen LogP contribution in [0.4, 0.5) is 0 Å². The van der Waals surface area contributed by atoms with E-state index in [0.717, 1.165) is 0 Å². The molecule has 0 rings (SSSR count). The number of hydrogen-bond acceptors (Lipinski definition) is 4. The number of hydrogen-bond donors (Lipinski definition) is 0. The van der Waals surface area contributed by atoms with Crippen LogP contribution in [0.25, 0.3) is 0 Å². The first kappa shape index (κ1) is 15.7. The molecule has 0 heterocycles. The molecular weight excluding hydrogens is 126 g/mol. The zero-order valence-electron chi connectivity index (χ0n) is 3.71. The minimum Gasteiger partial charge on any atom is -0.894 e. The Hall–Kier alpha value is 1.19. The Morgan fingerprint density at radius 3 is 0.857 bits per heavy atom. The summed E-state index contributed by atoms with van der Waals surface area (Å²) in [6.45, 7) is 0. The van der Waals surface area contributed by atoms with Crippen LogP contribution in [-0.2, 0) is 0 Å². The molecular formula is AlLiO4Si-3. The van der Waals surface area contributed by atoms with E-state index in [0.29, 0.717) is 0 Å². The molecule has 0 aliphatic carbocycles. The molecule has 0 aliphatic heterocycles. The molecule has 0 aliphatic rings. The van der Waals surface area contributed by atoms with Gasteiger partial charge < -0.3 is 28.2 Å². The molecule has 7 heteroatoms. The van der Waals surface area contributed by atoms with Gasteiger partial charge in [0, 0.05) is 17.4 Å². The Bertz CT molecular complexity index is 27.2. The Balaban J connectivity index is -0.0000000800. The van der Waals surface area contributed by atoms with Gasteiger partial charge in [0.05, 0.1) is 0 Å². The van der Waals surface area contributed by atoms with Gasteiger partial charge in [-0.1, -0.05) is 0 Å². The smallest absolute Gasteiger partial charge is 0.894 e. The van der Waals surface area contributed by atoms with Crippen molar-refractivity contribution in [3.05, 3.63) is 0 Å². The zero-order valence-corrected chi connectivity index (χ0v) is 5.87. The molecule has 0 saturated heterocycles. The molecule has 4 nitrogen and oxygen atoms in total. The van der Waals surface area contributed by atoms with E-state index in [2.05, 4.69) is 0 Å². The van der Waals surface area contributed by atoms with Crippen LogP contribution in [0.5, 0.6) is 0 Å². The topological polar surface area (TPSA) is 92.2 Å². The van der Waals surface area contributed by atoms with E-state index >= 15 is 0 Å². The van der Waals surface area contributed by atoms with Crippen molar-refractivity contribution in [1.29, 1.82) is 0 Å². The molecule has 0 aromatic carbocycles. The first-order valence-corrected chi connectivity index (χ1v) is 2.45. The minimum atomic E-state index is -5.61. The summed E-state index contributed by atoms with van der Waals surface area (Å²) in [5.41, 5.74) is 0. The Labute approximate surface area is 64.6 Å². The van der Waals surface area contributed by atoms with Crippen LogP contribution in [0.15, 0.2) is 0 Å². The van der Waals surface area contributed by atoms with Crippen LogP contribution < -0.4 is 38.0 Å². The van der Waals surface area contributed by atoms with Crippen molar-refractivity contribution in [2.75, 3.05) is 0 Å². The molecule has 0 atom stereocenters. The van der Waals surface area contributed by atoms with E-state index in [1.807, 2.05) is 0 Å². The van der Waals surface area contributed by atoms with Crippen molar-refractivity contribution in [2.24, 2.45) is 0 Å². The third-order valence-corrected chi connectivity index (χ3v) is 0. The van der Waals surface area contributed by atoms with Gasteiger partial charge in [-0.15, -0.1) is 0 Å². The van der Waals surface area contributed by atoms with E-state index < -0.39 is 9.05 Å². The molecule has 0 fully saturated rings. The van der Waals surface area contributed by atoms with Gasteiger partial charge in [-0.05, 0) is 0 Å². The van der Waals surface area contributed by atoms with Gasteiger partial charge in [0.15, 0.2) is 0 Å². The largest absolute Gasteiger partial charge is 1.00 e. The fourth-order valence-electron chi connectivity index (χ4n) is 0. The van der Waals surface area contributed by atoms with Crippen LogP contribution >= 0.6 is 0 Å². The molecule has 0 unspecified atom stereocenters. The summed E-state index contributed by atoms with van der Waals surface area (Å²) in [5, 5.41) is 0. The molecule has 0 N–H and O–H groups in total. The van der Waals surface area contributed by atoms with Crippen molar-refractivity contribution in [3.8, 4) is 0 Å². The second-order valence-electron chi connectivity index (χ2n) is 0.500. The molecule has 0 saturated carbocycles. The Morgan fingerprint density at radius 2 is 0.857 bits per heavy atom. The third kappa shape index (κ3) is 137. The summed E-state index contributed by atoms with van der Waals surface area (Å²) >= 11 is 0. The molecule has 3 radical (unpaired) electrons. The maximum atomic E-state index is 8.58. The molecule has 0 amide bonds. The normalized spacial score (nSPS) is 8.57. The Kier molecular flexibility index (Phi) is 12.0. The average Bonchev–Trinajstić information content (AvgIpc) is 0.722. The standard InChI is InChI=1S/Al.Li.O4Si/c;;1-5(2,3)4/q;+1;-4. The summed E-state index contributed by atoms with van der Waals surface area (Å²) in [6.07, 6.45) is 0. The summed E-state index contributed by atoms with van der Waals surface area (Å²) in [7, 11) is -5.61. The first-order valence-electron chi connectivity index (χ1n) is 0.816. The van der Waals surface area contributed by atoms with Gasteiger partial charge in [0.2, 0.25) is 0 Å². The predicted molar refractivity (Wildman–Crippen MR) is 11.5 cm³/mol. The van der Waals surface area contributed by atoms with Crippen molar-refractivity contribution in [1.82, 2.24) is 0 Å². The van der Waals surface area contributed by atoms with E-state index in [-0.39, 0.29) is 36.2 Å². The monoisotopic (exact) mass is 126 g/mol. The van der Waals surface area contributed by atoms with Gasteiger partial charge in [0.1, 0.15) is 0 Å². The summed E-state index contributed by atoms with van der Waals surface area (Å²) < 4.78 is 0. The van der Waals surface area contributed by atoms with Gasteiger partial charge >= 0.3 is 18.9 Å². The van der Waals surface area contributed by atoms with Crippen molar-refractivity contribution in [2.45, 2.75) is 0 Å². The molecule has 0 bridgehead atoms. The average molecular weight is 126 g/mol. The maximum Gasteiger partial charge on any atom is 1.00 e. The van der Waals surface area contributed by atoms with Gasteiger partial charge in [-0.3, -0.25) is 0 Å². The first-order chi connectivity index (χ1) is 2.00. The molecule has 0 spiro atoms. The predicted octanol–water partition coefficient (Wildman–Crippen LogP) is -8.51. The van der Waals surface area contributed by atoms with Crippen molar-refractivity contribution < 1.29 is 38.0 Å². The van der Waals surface area contributed by atoms with Gasteiger partial charge in [-0.2, -0.15) is 0 Å². The summed E-state index contributed by atoms with van der Waals surface area (Å²) in [5.74, 6) is 0. The van der Waals surface area contributed by atoms with E-state index in [4.69, 9.17) is 19.2 Å². The zero-order chi connectivity index (χ0) is 4.50. The van der Waals surface area contributed by atoms with E-state index in [1.165, 1.54) is 0 Å². The molecule has 7 heavy (non-hydrogen) atoms. The second kappa shape index (κ2) is 5.33. The van der Waals surface area contributed by atoms with Crippen LogP contribution in [0.2, 0.25) is 0 Å². The summed E-state index contributed by atoms with van der Waals surface area (Å²) in [4.78, 5) is 34.3. The van der Waals surface area contributed by atoms with Crippen LogP contribution in [0.1, 0.15) is 0 Å². The summed E-state index contributed by atoms with van der Waals surface area (Å²) in [6, 6.07) is 0. The fraction of sp³-hybridized carbons (Fsp3) is 0. The quantitative estimate of drug-likeness (QED) is 0.301.